The maximum absolute atomic E-state index is 5.64. The van der Waals surface area contributed by atoms with E-state index in [0.717, 1.165) is 11.4 Å². The Kier molecular flexibility index (Phi) is 3.67. The highest BCUT2D eigenvalue weighted by atomic mass is 16.5. The summed E-state index contributed by atoms with van der Waals surface area (Å²) in [6, 6.07) is 9.32. The molecule has 0 spiro atoms. The summed E-state index contributed by atoms with van der Waals surface area (Å²) in [6.07, 6.45) is 0. The van der Waals surface area contributed by atoms with Crippen LogP contribution in [-0.4, -0.2) is 24.1 Å². The number of nitrogens with two attached hydrogens (primary N) is 2. The zero-order valence-corrected chi connectivity index (χ0v) is 10.8. The highest BCUT2D eigenvalue weighted by Crippen LogP contribution is 2.26. The number of methoxy groups -OCH3 is 1. The summed E-state index contributed by atoms with van der Waals surface area (Å²) in [5.41, 5.74) is 9.01. The molecule has 0 atom stereocenters. The molecule has 100 valence electrons. The average molecular weight is 260 g/mol. The molecule has 0 fully saturated rings. The number of hydrogen-bond donors (Lipinski definition) is 3. The Balaban J connectivity index is 2.37. The van der Waals surface area contributed by atoms with Gasteiger partial charge in [-0.15, -0.1) is 0 Å². The quantitative estimate of drug-likeness (QED) is 0.559. The molecule has 7 heteroatoms. The molecule has 0 aliphatic heterocycles. The molecule has 0 saturated heterocycles. The first-order chi connectivity index (χ1) is 9.13. The van der Waals surface area contributed by atoms with Gasteiger partial charge in [0.25, 0.3) is 0 Å². The van der Waals surface area contributed by atoms with Crippen LogP contribution in [0.2, 0.25) is 0 Å². The summed E-state index contributed by atoms with van der Waals surface area (Å²) < 4.78 is 5.19. The molecule has 0 bridgehead atoms. The molecule has 1 heterocycles. The Morgan fingerprint density at radius 2 is 2.05 bits per heavy atom. The van der Waals surface area contributed by atoms with E-state index in [-0.39, 0.29) is 5.95 Å². The summed E-state index contributed by atoms with van der Waals surface area (Å²) in [6.45, 7) is 0. The lowest BCUT2D eigenvalue weighted by atomic mass is 10.3. The van der Waals surface area contributed by atoms with Gasteiger partial charge >= 0.3 is 0 Å². The smallest absolute Gasteiger partial charge is 0.224 e. The number of hydrazine groups is 1. The largest absolute Gasteiger partial charge is 0.497 e. The Labute approximate surface area is 111 Å². The second-order valence-electron chi connectivity index (χ2n) is 3.87. The lowest BCUT2D eigenvalue weighted by Gasteiger charge is -2.19. The summed E-state index contributed by atoms with van der Waals surface area (Å²) in [7, 11) is 3.50. The van der Waals surface area contributed by atoms with Crippen LogP contribution >= 0.6 is 0 Å². The van der Waals surface area contributed by atoms with Crippen molar-refractivity contribution in [2.24, 2.45) is 5.84 Å². The van der Waals surface area contributed by atoms with Crippen LogP contribution in [0.3, 0.4) is 0 Å². The highest BCUT2D eigenvalue weighted by molar-refractivity contribution is 5.64. The zero-order valence-electron chi connectivity index (χ0n) is 10.8. The standard InChI is InChI=1S/C12H16N6O/c1-18(8-4-3-5-9(6-8)19-2)11-7-10(17-14)15-12(13)16-11/h3-7H,14H2,1-2H3,(H3,13,15,16,17). The second-order valence-corrected chi connectivity index (χ2v) is 3.87. The first-order valence-electron chi connectivity index (χ1n) is 5.63. The molecular formula is C12H16N6O. The first kappa shape index (κ1) is 12.9. The Morgan fingerprint density at radius 1 is 1.26 bits per heavy atom. The van der Waals surface area contributed by atoms with Gasteiger partial charge in [-0.2, -0.15) is 9.97 Å². The van der Waals surface area contributed by atoms with E-state index in [0.29, 0.717) is 11.6 Å². The number of nitrogens with zero attached hydrogens (tertiary/aromatic N) is 3. The van der Waals surface area contributed by atoms with Gasteiger partial charge in [-0.3, -0.25) is 0 Å². The number of nitrogen functional groups attached to an aromatic ring is 2. The highest BCUT2D eigenvalue weighted by Gasteiger charge is 2.09. The molecule has 5 N–H and O–H groups in total. The summed E-state index contributed by atoms with van der Waals surface area (Å²) in [5.74, 6) is 7.35. The maximum atomic E-state index is 5.64. The number of benzene rings is 1. The van der Waals surface area contributed by atoms with Crippen LogP contribution in [0.5, 0.6) is 5.75 Å². The number of ether oxygens (including phenoxy) is 1. The van der Waals surface area contributed by atoms with E-state index in [2.05, 4.69) is 15.4 Å². The van der Waals surface area contributed by atoms with Crippen molar-refractivity contribution in [3.05, 3.63) is 30.3 Å². The normalized spacial score (nSPS) is 10.1. The van der Waals surface area contributed by atoms with Crippen molar-refractivity contribution >= 4 is 23.3 Å². The summed E-state index contributed by atoms with van der Waals surface area (Å²) >= 11 is 0. The van der Waals surface area contributed by atoms with Gasteiger partial charge in [0.15, 0.2) is 0 Å². The number of hydrogen-bond acceptors (Lipinski definition) is 7. The number of anilines is 4. The predicted octanol–water partition coefficient (Wildman–Crippen LogP) is 1.12. The predicted molar refractivity (Wildman–Crippen MR) is 75.3 cm³/mol. The minimum absolute atomic E-state index is 0.153. The van der Waals surface area contributed by atoms with Gasteiger partial charge in [0.2, 0.25) is 5.95 Å². The molecule has 0 aliphatic carbocycles. The number of rotatable bonds is 4. The molecular weight excluding hydrogens is 244 g/mol. The van der Waals surface area contributed by atoms with Crippen molar-refractivity contribution in [3.63, 3.8) is 0 Å². The maximum Gasteiger partial charge on any atom is 0.224 e. The molecule has 0 radical (unpaired) electrons. The Bertz CT molecular complexity index is 574. The topological polar surface area (TPSA) is 102 Å². The van der Waals surface area contributed by atoms with E-state index < -0.39 is 0 Å². The monoisotopic (exact) mass is 260 g/mol. The minimum Gasteiger partial charge on any atom is -0.497 e. The fourth-order valence-electron chi connectivity index (χ4n) is 1.65. The third kappa shape index (κ3) is 2.83. The van der Waals surface area contributed by atoms with Crippen LogP contribution in [0, 0.1) is 0 Å². The molecule has 0 unspecified atom stereocenters. The van der Waals surface area contributed by atoms with Crippen LogP contribution in [0.15, 0.2) is 30.3 Å². The van der Waals surface area contributed by atoms with Crippen LogP contribution in [0.1, 0.15) is 0 Å². The zero-order chi connectivity index (χ0) is 13.8. The minimum atomic E-state index is 0.153. The van der Waals surface area contributed by atoms with E-state index in [9.17, 15) is 0 Å². The van der Waals surface area contributed by atoms with Crippen molar-refractivity contribution in [1.29, 1.82) is 0 Å². The lowest BCUT2D eigenvalue weighted by molar-refractivity contribution is 0.415. The summed E-state index contributed by atoms with van der Waals surface area (Å²) in [5, 5.41) is 0. The van der Waals surface area contributed by atoms with Gasteiger partial charge in [-0.05, 0) is 12.1 Å². The van der Waals surface area contributed by atoms with Crippen LogP contribution in [0.4, 0.5) is 23.3 Å². The molecule has 19 heavy (non-hydrogen) atoms. The van der Waals surface area contributed by atoms with Crippen molar-refractivity contribution in [3.8, 4) is 5.75 Å². The van der Waals surface area contributed by atoms with E-state index in [4.69, 9.17) is 16.3 Å². The van der Waals surface area contributed by atoms with Gasteiger partial charge in [-0.1, -0.05) is 6.07 Å². The van der Waals surface area contributed by atoms with Gasteiger partial charge in [0, 0.05) is 24.9 Å². The van der Waals surface area contributed by atoms with Crippen molar-refractivity contribution < 1.29 is 4.74 Å². The first-order valence-corrected chi connectivity index (χ1v) is 5.63. The lowest BCUT2D eigenvalue weighted by Crippen LogP contribution is -2.15. The molecule has 1 aromatic heterocycles. The Hall–Kier alpha value is -2.54. The van der Waals surface area contributed by atoms with E-state index in [1.165, 1.54) is 0 Å². The van der Waals surface area contributed by atoms with E-state index >= 15 is 0 Å². The fraction of sp³-hybridized carbons (Fsp3) is 0.167. The second kappa shape index (κ2) is 5.40. The molecule has 7 nitrogen and oxygen atoms in total. The Morgan fingerprint density at radius 3 is 2.74 bits per heavy atom. The SMILES string of the molecule is COc1cccc(N(C)c2cc(NN)nc(N)n2)c1. The third-order valence-corrected chi connectivity index (χ3v) is 2.66. The van der Waals surface area contributed by atoms with E-state index in [1.54, 1.807) is 13.2 Å². The molecule has 0 amide bonds. The summed E-state index contributed by atoms with van der Waals surface area (Å²) in [4.78, 5) is 9.97. The van der Waals surface area contributed by atoms with Crippen molar-refractivity contribution in [2.75, 3.05) is 30.2 Å². The third-order valence-electron chi connectivity index (χ3n) is 2.66. The van der Waals surface area contributed by atoms with Crippen LogP contribution < -0.4 is 26.6 Å². The number of aromatic nitrogens is 2. The van der Waals surface area contributed by atoms with Gasteiger partial charge < -0.3 is 20.8 Å². The van der Waals surface area contributed by atoms with Crippen LogP contribution in [0.25, 0.3) is 0 Å². The van der Waals surface area contributed by atoms with Gasteiger partial charge in [0.1, 0.15) is 17.4 Å². The van der Waals surface area contributed by atoms with Crippen molar-refractivity contribution in [1.82, 2.24) is 9.97 Å². The molecule has 1 aromatic carbocycles. The average Bonchev–Trinajstić information content (AvgIpc) is 2.45. The fourth-order valence-corrected chi connectivity index (χ4v) is 1.65. The molecule has 0 saturated carbocycles. The van der Waals surface area contributed by atoms with Crippen molar-refractivity contribution in [2.45, 2.75) is 0 Å². The van der Waals surface area contributed by atoms with Gasteiger partial charge in [0.05, 0.1) is 7.11 Å². The molecule has 0 aliphatic rings. The number of nitrogens with one attached hydrogen (secondary N) is 1. The van der Waals surface area contributed by atoms with Crippen LogP contribution in [-0.2, 0) is 0 Å². The van der Waals surface area contributed by atoms with Gasteiger partial charge in [-0.25, -0.2) is 5.84 Å². The molecule has 2 aromatic rings. The molecule has 2 rings (SSSR count). The van der Waals surface area contributed by atoms with E-state index in [1.807, 2.05) is 36.2 Å².